The van der Waals surface area contributed by atoms with Gasteiger partial charge in [-0.05, 0) is 33.6 Å². The molecule has 0 spiro atoms. The summed E-state index contributed by atoms with van der Waals surface area (Å²) >= 11 is 0. The van der Waals surface area contributed by atoms with Crippen LogP contribution in [-0.4, -0.2) is 52.6 Å². The van der Waals surface area contributed by atoms with E-state index in [9.17, 15) is 14.4 Å². The summed E-state index contributed by atoms with van der Waals surface area (Å²) < 4.78 is 0. The first kappa shape index (κ1) is 17.3. The molecule has 0 aliphatic heterocycles. The lowest BCUT2D eigenvalue weighted by Crippen LogP contribution is -2.51. The fourth-order valence-corrected chi connectivity index (χ4v) is 2.45. The van der Waals surface area contributed by atoms with Gasteiger partial charge in [0, 0.05) is 11.6 Å². The molecular weight excluding hydrogens is 274 g/mol. The SMILES string of the molecule is CC(C)(C)NC(=O)CNC(=O)N(CC(=O)O)C1CCCC1. The maximum atomic E-state index is 12.1. The number of carboxylic acids is 1. The number of hydrogen-bond donors (Lipinski definition) is 3. The minimum Gasteiger partial charge on any atom is -0.480 e. The zero-order valence-corrected chi connectivity index (χ0v) is 12.9. The summed E-state index contributed by atoms with van der Waals surface area (Å²) in [7, 11) is 0. The number of amides is 3. The van der Waals surface area contributed by atoms with Crippen molar-refractivity contribution in [1.82, 2.24) is 15.5 Å². The maximum Gasteiger partial charge on any atom is 0.323 e. The summed E-state index contributed by atoms with van der Waals surface area (Å²) in [6.07, 6.45) is 3.63. The second-order valence-electron chi connectivity index (χ2n) is 6.42. The van der Waals surface area contributed by atoms with Crippen LogP contribution in [0.5, 0.6) is 0 Å². The molecule has 7 nitrogen and oxygen atoms in total. The third kappa shape index (κ3) is 6.46. The van der Waals surface area contributed by atoms with Gasteiger partial charge in [0.1, 0.15) is 6.54 Å². The third-order valence-corrected chi connectivity index (χ3v) is 3.25. The highest BCUT2D eigenvalue weighted by atomic mass is 16.4. The van der Waals surface area contributed by atoms with Gasteiger partial charge in [0.2, 0.25) is 5.91 Å². The van der Waals surface area contributed by atoms with Crippen LogP contribution in [0.3, 0.4) is 0 Å². The van der Waals surface area contributed by atoms with Crippen molar-refractivity contribution in [2.75, 3.05) is 13.1 Å². The fourth-order valence-electron chi connectivity index (χ4n) is 2.45. The van der Waals surface area contributed by atoms with Gasteiger partial charge >= 0.3 is 12.0 Å². The molecule has 21 heavy (non-hydrogen) atoms. The second kappa shape index (κ2) is 7.28. The van der Waals surface area contributed by atoms with Crippen LogP contribution in [0.1, 0.15) is 46.5 Å². The van der Waals surface area contributed by atoms with E-state index in [0.717, 1.165) is 25.7 Å². The van der Waals surface area contributed by atoms with Gasteiger partial charge in [0.15, 0.2) is 0 Å². The molecule has 0 radical (unpaired) electrons. The van der Waals surface area contributed by atoms with Gasteiger partial charge in [0.25, 0.3) is 0 Å². The molecule has 1 aliphatic carbocycles. The van der Waals surface area contributed by atoms with E-state index in [4.69, 9.17) is 5.11 Å². The molecule has 0 saturated heterocycles. The van der Waals surface area contributed by atoms with E-state index in [1.54, 1.807) is 0 Å². The maximum absolute atomic E-state index is 12.1. The van der Waals surface area contributed by atoms with E-state index in [2.05, 4.69) is 10.6 Å². The summed E-state index contributed by atoms with van der Waals surface area (Å²) in [5, 5.41) is 14.2. The Morgan fingerprint density at radius 1 is 1.19 bits per heavy atom. The molecule has 0 aromatic rings. The molecular formula is C14H25N3O4. The molecule has 0 unspecified atom stereocenters. The Hall–Kier alpha value is -1.79. The molecule has 3 N–H and O–H groups in total. The molecule has 0 heterocycles. The summed E-state index contributed by atoms with van der Waals surface area (Å²) in [6.45, 7) is 5.06. The molecule has 1 saturated carbocycles. The normalized spacial score (nSPS) is 15.6. The largest absolute Gasteiger partial charge is 0.480 e. The first-order valence-electron chi connectivity index (χ1n) is 7.26. The smallest absolute Gasteiger partial charge is 0.323 e. The molecule has 120 valence electrons. The van der Waals surface area contributed by atoms with Gasteiger partial charge in [-0.25, -0.2) is 4.79 Å². The monoisotopic (exact) mass is 299 g/mol. The van der Waals surface area contributed by atoms with Crippen LogP contribution in [-0.2, 0) is 9.59 Å². The van der Waals surface area contributed by atoms with Gasteiger partial charge in [-0.1, -0.05) is 12.8 Å². The molecule has 1 rings (SSSR count). The summed E-state index contributed by atoms with van der Waals surface area (Å²) in [6, 6.07) is -0.542. The molecule has 0 atom stereocenters. The highest BCUT2D eigenvalue weighted by Gasteiger charge is 2.28. The number of nitrogens with zero attached hydrogens (tertiary/aromatic N) is 1. The van der Waals surface area contributed by atoms with E-state index in [0.29, 0.717) is 0 Å². The van der Waals surface area contributed by atoms with Crippen molar-refractivity contribution in [3.63, 3.8) is 0 Å². The van der Waals surface area contributed by atoms with Crippen molar-refractivity contribution in [1.29, 1.82) is 0 Å². The highest BCUT2D eigenvalue weighted by Crippen LogP contribution is 2.23. The van der Waals surface area contributed by atoms with E-state index in [-0.39, 0.29) is 30.6 Å². The lowest BCUT2D eigenvalue weighted by Gasteiger charge is -2.27. The van der Waals surface area contributed by atoms with Gasteiger partial charge < -0.3 is 20.6 Å². The molecule has 0 aromatic carbocycles. The lowest BCUT2D eigenvalue weighted by molar-refractivity contribution is -0.138. The van der Waals surface area contributed by atoms with Crippen molar-refractivity contribution >= 4 is 17.9 Å². The summed E-state index contributed by atoms with van der Waals surface area (Å²) in [5.74, 6) is -1.34. The summed E-state index contributed by atoms with van der Waals surface area (Å²) in [4.78, 5) is 36.0. The molecule has 0 bridgehead atoms. The Balaban J connectivity index is 2.52. The summed E-state index contributed by atoms with van der Waals surface area (Å²) in [5.41, 5.74) is -0.367. The average Bonchev–Trinajstić information content (AvgIpc) is 2.84. The number of carbonyl (C=O) groups excluding carboxylic acids is 2. The number of urea groups is 1. The van der Waals surface area contributed by atoms with Gasteiger partial charge in [-0.15, -0.1) is 0 Å². The molecule has 7 heteroatoms. The topological polar surface area (TPSA) is 98.7 Å². The zero-order valence-electron chi connectivity index (χ0n) is 12.9. The van der Waals surface area contributed by atoms with Crippen LogP contribution in [0, 0.1) is 0 Å². The predicted molar refractivity (Wildman–Crippen MR) is 77.9 cm³/mol. The van der Waals surface area contributed by atoms with Crippen molar-refractivity contribution < 1.29 is 19.5 Å². The number of aliphatic carboxylic acids is 1. The quantitative estimate of drug-likeness (QED) is 0.703. The number of carboxylic acid groups (broad SMARTS) is 1. The Morgan fingerprint density at radius 3 is 2.24 bits per heavy atom. The number of carbonyl (C=O) groups is 3. The standard InChI is InChI=1S/C14H25N3O4/c1-14(2,3)16-11(18)8-15-13(21)17(9-12(19)20)10-6-4-5-7-10/h10H,4-9H2,1-3H3,(H,15,21)(H,16,18)(H,19,20). The Kier molecular flexibility index (Phi) is 5.99. The molecule has 3 amide bonds. The number of hydrogen-bond acceptors (Lipinski definition) is 3. The van der Waals surface area contributed by atoms with Crippen LogP contribution >= 0.6 is 0 Å². The highest BCUT2D eigenvalue weighted by molar-refractivity contribution is 5.86. The minimum atomic E-state index is -1.05. The van der Waals surface area contributed by atoms with Crippen LogP contribution in [0.4, 0.5) is 4.79 Å². The first-order chi connectivity index (χ1) is 9.69. The number of rotatable bonds is 5. The van der Waals surface area contributed by atoms with E-state index in [1.807, 2.05) is 20.8 Å². The van der Waals surface area contributed by atoms with Crippen molar-refractivity contribution in [3.8, 4) is 0 Å². The lowest BCUT2D eigenvalue weighted by atomic mass is 10.1. The van der Waals surface area contributed by atoms with Gasteiger partial charge in [-0.2, -0.15) is 0 Å². The Labute approximate surface area is 125 Å². The van der Waals surface area contributed by atoms with Crippen LogP contribution in [0.2, 0.25) is 0 Å². The van der Waals surface area contributed by atoms with Gasteiger partial charge in [-0.3, -0.25) is 9.59 Å². The van der Waals surface area contributed by atoms with Crippen LogP contribution in [0.25, 0.3) is 0 Å². The van der Waals surface area contributed by atoms with E-state index < -0.39 is 12.0 Å². The molecule has 1 aliphatic rings. The van der Waals surface area contributed by atoms with Crippen LogP contribution in [0.15, 0.2) is 0 Å². The van der Waals surface area contributed by atoms with Crippen molar-refractivity contribution in [3.05, 3.63) is 0 Å². The predicted octanol–water partition coefficient (Wildman–Crippen LogP) is 0.940. The fraction of sp³-hybridized carbons (Fsp3) is 0.786. The Morgan fingerprint density at radius 2 is 1.76 bits per heavy atom. The molecule has 1 fully saturated rings. The average molecular weight is 299 g/mol. The first-order valence-corrected chi connectivity index (χ1v) is 7.26. The van der Waals surface area contributed by atoms with Crippen molar-refractivity contribution in [2.24, 2.45) is 0 Å². The zero-order chi connectivity index (χ0) is 16.0. The Bertz CT molecular complexity index is 398. The van der Waals surface area contributed by atoms with Crippen LogP contribution < -0.4 is 10.6 Å². The molecule has 0 aromatic heterocycles. The number of nitrogens with one attached hydrogen (secondary N) is 2. The minimum absolute atomic E-state index is 0.0493. The van der Waals surface area contributed by atoms with E-state index >= 15 is 0 Å². The van der Waals surface area contributed by atoms with Gasteiger partial charge in [0.05, 0.1) is 6.54 Å². The third-order valence-electron chi connectivity index (χ3n) is 3.25. The van der Waals surface area contributed by atoms with E-state index in [1.165, 1.54) is 4.90 Å². The van der Waals surface area contributed by atoms with Crippen molar-refractivity contribution in [2.45, 2.75) is 58.0 Å². The second-order valence-corrected chi connectivity index (χ2v) is 6.42.